The Hall–Kier alpha value is -0.0800. The van der Waals surface area contributed by atoms with Crippen LogP contribution in [0.3, 0.4) is 0 Å². The van der Waals surface area contributed by atoms with Gasteiger partial charge in [0, 0.05) is 5.54 Å². The number of rotatable bonds is 4. The molecule has 0 bridgehead atoms. The minimum absolute atomic E-state index is 0.487. The molecule has 1 unspecified atom stereocenters. The van der Waals surface area contributed by atoms with Gasteiger partial charge in [-0.1, -0.05) is 13.3 Å². The van der Waals surface area contributed by atoms with Crippen LogP contribution in [-0.2, 0) is 0 Å². The lowest BCUT2D eigenvalue weighted by Crippen LogP contribution is -2.49. The minimum Gasteiger partial charge on any atom is -0.311 e. The Morgan fingerprint density at radius 3 is 2.53 bits per heavy atom. The summed E-state index contributed by atoms with van der Waals surface area (Å²) in [5.41, 5.74) is 0.487. The first-order valence-corrected chi connectivity index (χ1v) is 6.82. The molecule has 1 atom stereocenters. The Balaban J connectivity index is 1.78. The van der Waals surface area contributed by atoms with Gasteiger partial charge >= 0.3 is 0 Å². The fraction of sp³-hybridized carbons (Fsp3) is 1.00. The third-order valence-electron chi connectivity index (χ3n) is 4.36. The van der Waals surface area contributed by atoms with Gasteiger partial charge in [-0.3, -0.25) is 0 Å². The van der Waals surface area contributed by atoms with E-state index in [1.165, 1.54) is 71.1 Å². The Kier molecular flexibility index (Phi) is 4.04. The zero-order valence-electron chi connectivity index (χ0n) is 10.2. The fourth-order valence-electron chi connectivity index (χ4n) is 3.10. The summed E-state index contributed by atoms with van der Waals surface area (Å²) in [4.78, 5) is 2.65. The molecule has 0 aromatic heterocycles. The highest BCUT2D eigenvalue weighted by molar-refractivity contribution is 4.90. The molecule has 1 N–H and O–H groups in total. The van der Waals surface area contributed by atoms with Crippen LogP contribution < -0.4 is 5.32 Å². The molecule has 2 heterocycles. The smallest absolute Gasteiger partial charge is 0.0191 e. The highest BCUT2D eigenvalue weighted by Crippen LogP contribution is 2.27. The van der Waals surface area contributed by atoms with Crippen molar-refractivity contribution < 1.29 is 0 Å². The standard InChI is InChI=1S/C13H26N2/c1-2-13(7-3-4-9-14-13)8-12-15-10-5-6-11-15/h14H,2-12H2,1H3. The predicted octanol–water partition coefficient (Wildman–Crippen LogP) is 2.39. The van der Waals surface area contributed by atoms with Crippen molar-refractivity contribution in [2.24, 2.45) is 0 Å². The van der Waals surface area contributed by atoms with E-state index in [1.54, 1.807) is 0 Å². The molecule has 2 saturated heterocycles. The second kappa shape index (κ2) is 5.31. The van der Waals surface area contributed by atoms with Crippen LogP contribution in [0.15, 0.2) is 0 Å². The molecule has 0 aromatic rings. The molecular weight excluding hydrogens is 184 g/mol. The molecule has 2 fully saturated rings. The average molecular weight is 210 g/mol. The van der Waals surface area contributed by atoms with Gasteiger partial charge in [-0.25, -0.2) is 0 Å². The Bertz CT molecular complexity index is 179. The normalized spacial score (nSPS) is 33.4. The van der Waals surface area contributed by atoms with Gasteiger partial charge in [-0.05, 0) is 64.7 Å². The van der Waals surface area contributed by atoms with E-state index in [1.807, 2.05) is 0 Å². The number of nitrogens with one attached hydrogen (secondary N) is 1. The Morgan fingerprint density at radius 2 is 1.93 bits per heavy atom. The zero-order valence-corrected chi connectivity index (χ0v) is 10.2. The quantitative estimate of drug-likeness (QED) is 0.766. The van der Waals surface area contributed by atoms with E-state index >= 15 is 0 Å². The van der Waals surface area contributed by atoms with Crippen LogP contribution >= 0.6 is 0 Å². The van der Waals surface area contributed by atoms with Crippen LogP contribution in [0.1, 0.15) is 51.9 Å². The van der Waals surface area contributed by atoms with Gasteiger partial charge in [0.1, 0.15) is 0 Å². The summed E-state index contributed by atoms with van der Waals surface area (Å²) in [6.07, 6.45) is 9.73. The van der Waals surface area contributed by atoms with Crippen LogP contribution in [-0.4, -0.2) is 36.6 Å². The summed E-state index contributed by atoms with van der Waals surface area (Å²) in [6, 6.07) is 0. The molecule has 0 radical (unpaired) electrons. The molecule has 2 aliphatic heterocycles. The van der Waals surface area contributed by atoms with Crippen molar-refractivity contribution in [1.82, 2.24) is 10.2 Å². The van der Waals surface area contributed by atoms with Gasteiger partial charge in [0.2, 0.25) is 0 Å². The first kappa shape index (κ1) is 11.4. The van der Waals surface area contributed by atoms with Crippen molar-refractivity contribution in [2.45, 2.75) is 57.4 Å². The van der Waals surface area contributed by atoms with Crippen LogP contribution in [0.2, 0.25) is 0 Å². The molecular formula is C13H26N2. The van der Waals surface area contributed by atoms with Crippen molar-refractivity contribution >= 4 is 0 Å². The van der Waals surface area contributed by atoms with Crippen LogP contribution in [0, 0.1) is 0 Å². The predicted molar refractivity (Wildman–Crippen MR) is 65.2 cm³/mol. The average Bonchev–Trinajstić information content (AvgIpc) is 2.81. The topological polar surface area (TPSA) is 15.3 Å². The molecule has 2 nitrogen and oxygen atoms in total. The number of nitrogens with zero attached hydrogens (tertiary/aromatic N) is 1. The SMILES string of the molecule is CCC1(CCN2CCCC2)CCCCN1. The molecule has 88 valence electrons. The minimum atomic E-state index is 0.487. The van der Waals surface area contributed by atoms with Gasteiger partial charge < -0.3 is 10.2 Å². The molecule has 2 rings (SSSR count). The summed E-state index contributed by atoms with van der Waals surface area (Å²) in [5, 5.41) is 3.78. The maximum atomic E-state index is 3.78. The lowest BCUT2D eigenvalue weighted by molar-refractivity contribution is 0.195. The van der Waals surface area contributed by atoms with E-state index in [4.69, 9.17) is 0 Å². The Labute approximate surface area is 94.4 Å². The molecule has 2 aliphatic rings. The van der Waals surface area contributed by atoms with E-state index in [-0.39, 0.29) is 0 Å². The lowest BCUT2D eigenvalue weighted by atomic mass is 9.83. The van der Waals surface area contributed by atoms with Crippen LogP contribution in [0.25, 0.3) is 0 Å². The van der Waals surface area contributed by atoms with E-state index in [0.29, 0.717) is 5.54 Å². The summed E-state index contributed by atoms with van der Waals surface area (Å²) in [5.74, 6) is 0. The van der Waals surface area contributed by atoms with Crippen molar-refractivity contribution in [3.8, 4) is 0 Å². The van der Waals surface area contributed by atoms with Crippen molar-refractivity contribution in [3.63, 3.8) is 0 Å². The summed E-state index contributed by atoms with van der Waals surface area (Å²) in [6.45, 7) is 7.61. The van der Waals surface area contributed by atoms with Gasteiger partial charge in [-0.15, -0.1) is 0 Å². The molecule has 0 saturated carbocycles. The third-order valence-corrected chi connectivity index (χ3v) is 4.36. The highest BCUT2D eigenvalue weighted by atomic mass is 15.1. The molecule has 15 heavy (non-hydrogen) atoms. The molecule has 0 spiro atoms. The van der Waals surface area contributed by atoms with Crippen LogP contribution in [0.5, 0.6) is 0 Å². The van der Waals surface area contributed by atoms with E-state index in [9.17, 15) is 0 Å². The van der Waals surface area contributed by atoms with Gasteiger partial charge in [0.05, 0.1) is 0 Å². The maximum absolute atomic E-state index is 3.78. The van der Waals surface area contributed by atoms with E-state index < -0.39 is 0 Å². The number of hydrogen-bond donors (Lipinski definition) is 1. The molecule has 0 aromatic carbocycles. The van der Waals surface area contributed by atoms with Gasteiger partial charge in [0.25, 0.3) is 0 Å². The largest absolute Gasteiger partial charge is 0.311 e. The number of hydrogen-bond acceptors (Lipinski definition) is 2. The third kappa shape index (κ3) is 2.94. The van der Waals surface area contributed by atoms with E-state index in [0.717, 1.165) is 0 Å². The first-order valence-electron chi connectivity index (χ1n) is 6.82. The fourth-order valence-corrected chi connectivity index (χ4v) is 3.10. The Morgan fingerprint density at radius 1 is 1.13 bits per heavy atom. The van der Waals surface area contributed by atoms with Gasteiger partial charge in [0.15, 0.2) is 0 Å². The van der Waals surface area contributed by atoms with E-state index in [2.05, 4.69) is 17.1 Å². The van der Waals surface area contributed by atoms with Crippen molar-refractivity contribution in [1.29, 1.82) is 0 Å². The first-order chi connectivity index (χ1) is 7.35. The number of piperidine rings is 1. The van der Waals surface area contributed by atoms with Crippen molar-refractivity contribution in [3.05, 3.63) is 0 Å². The van der Waals surface area contributed by atoms with Gasteiger partial charge in [-0.2, -0.15) is 0 Å². The zero-order chi connectivity index (χ0) is 10.6. The highest BCUT2D eigenvalue weighted by Gasteiger charge is 2.30. The van der Waals surface area contributed by atoms with Crippen LogP contribution in [0.4, 0.5) is 0 Å². The number of likely N-dealkylation sites (tertiary alicyclic amines) is 1. The molecule has 2 heteroatoms. The lowest BCUT2D eigenvalue weighted by Gasteiger charge is -2.39. The summed E-state index contributed by atoms with van der Waals surface area (Å²) >= 11 is 0. The maximum Gasteiger partial charge on any atom is 0.0191 e. The molecule has 0 amide bonds. The monoisotopic (exact) mass is 210 g/mol. The van der Waals surface area contributed by atoms with Crippen molar-refractivity contribution in [2.75, 3.05) is 26.2 Å². The second-order valence-electron chi connectivity index (χ2n) is 5.32. The second-order valence-corrected chi connectivity index (χ2v) is 5.32. The summed E-state index contributed by atoms with van der Waals surface area (Å²) < 4.78 is 0. The molecule has 0 aliphatic carbocycles. The summed E-state index contributed by atoms with van der Waals surface area (Å²) in [7, 11) is 0.